The van der Waals surface area contributed by atoms with Crippen molar-refractivity contribution in [3.05, 3.63) is 71.3 Å². The Bertz CT molecular complexity index is 829. The van der Waals surface area contributed by atoms with Gasteiger partial charge in [-0.05, 0) is 39.6 Å². The van der Waals surface area contributed by atoms with Gasteiger partial charge in [0.05, 0.1) is 5.41 Å². The third-order valence-corrected chi connectivity index (χ3v) is 4.88. The summed E-state index contributed by atoms with van der Waals surface area (Å²) in [6.07, 6.45) is 0. The lowest BCUT2D eigenvalue weighted by molar-refractivity contribution is -0.134. The Kier molecular flexibility index (Phi) is 8.07. The maximum atomic E-state index is 12.7. The number of likely N-dealkylation sites (N-methyl/N-ethyl adjacent to an activating group) is 1. The predicted octanol–water partition coefficient (Wildman–Crippen LogP) is 2.70. The van der Waals surface area contributed by atoms with Crippen LogP contribution in [0.5, 0.6) is 0 Å². The highest BCUT2D eigenvalue weighted by atomic mass is 16.4. The number of carbonyl (C=O) groups excluding carboxylic acids is 2. The smallest absolute Gasteiger partial charge is 0.300 e. The van der Waals surface area contributed by atoms with E-state index < -0.39 is 17.3 Å². The minimum atomic E-state index is -0.892. The number of carbonyl (C=O) groups is 3. The number of aliphatic carboxylic acids is 1. The number of nitrogens with zero attached hydrogens (tertiary/aromatic N) is 1. The Morgan fingerprint density at radius 2 is 1.50 bits per heavy atom. The van der Waals surface area contributed by atoms with Crippen LogP contribution >= 0.6 is 0 Å². The second kappa shape index (κ2) is 9.80. The maximum absolute atomic E-state index is 12.7. The minimum Gasteiger partial charge on any atom is -0.481 e. The molecule has 6 nitrogen and oxygen atoms in total. The van der Waals surface area contributed by atoms with Crippen molar-refractivity contribution in [2.45, 2.75) is 32.2 Å². The van der Waals surface area contributed by atoms with Gasteiger partial charge < -0.3 is 15.7 Å². The van der Waals surface area contributed by atoms with E-state index >= 15 is 0 Å². The number of carboxylic acids is 1. The number of hydrogen-bond donors (Lipinski definition) is 2. The first-order valence-electron chi connectivity index (χ1n) is 8.88. The van der Waals surface area contributed by atoms with E-state index in [1.54, 1.807) is 30.3 Å². The summed E-state index contributed by atoms with van der Waals surface area (Å²) < 4.78 is 0. The normalized spacial score (nSPS) is 13.6. The number of amides is 1. The van der Waals surface area contributed by atoms with E-state index in [1.807, 2.05) is 57.1 Å². The molecule has 0 saturated carbocycles. The van der Waals surface area contributed by atoms with E-state index in [2.05, 4.69) is 0 Å². The van der Waals surface area contributed by atoms with Gasteiger partial charge in [-0.2, -0.15) is 0 Å². The summed E-state index contributed by atoms with van der Waals surface area (Å²) in [7, 11) is 3.82. The molecule has 0 radical (unpaired) electrons. The zero-order chi connectivity index (χ0) is 21.5. The number of rotatable bonds is 6. The van der Waals surface area contributed by atoms with Gasteiger partial charge >= 0.3 is 0 Å². The van der Waals surface area contributed by atoms with Crippen molar-refractivity contribution in [2.24, 2.45) is 5.73 Å². The van der Waals surface area contributed by atoms with Crippen LogP contribution in [0.2, 0.25) is 0 Å². The van der Waals surface area contributed by atoms with Crippen molar-refractivity contribution in [3.8, 4) is 0 Å². The van der Waals surface area contributed by atoms with Crippen LogP contribution in [0.25, 0.3) is 0 Å². The predicted molar refractivity (Wildman–Crippen MR) is 109 cm³/mol. The van der Waals surface area contributed by atoms with Crippen molar-refractivity contribution in [1.82, 2.24) is 4.90 Å². The van der Waals surface area contributed by atoms with Gasteiger partial charge in [0, 0.05) is 24.1 Å². The molecule has 2 aromatic carbocycles. The lowest BCUT2D eigenvalue weighted by atomic mass is 9.74. The molecule has 2 atom stereocenters. The van der Waals surface area contributed by atoms with Gasteiger partial charge in [0.15, 0.2) is 5.78 Å². The van der Waals surface area contributed by atoms with E-state index in [0.717, 1.165) is 12.5 Å². The van der Waals surface area contributed by atoms with Crippen LogP contribution in [-0.4, -0.2) is 47.8 Å². The molecule has 1 amide bonds. The summed E-state index contributed by atoms with van der Waals surface area (Å²) >= 11 is 0. The highest BCUT2D eigenvalue weighted by Crippen LogP contribution is 2.31. The molecule has 0 fully saturated rings. The van der Waals surface area contributed by atoms with Crippen LogP contribution in [0.15, 0.2) is 54.6 Å². The summed E-state index contributed by atoms with van der Waals surface area (Å²) in [5.41, 5.74) is 6.76. The molecule has 28 heavy (non-hydrogen) atoms. The lowest BCUT2D eigenvalue weighted by Crippen LogP contribution is -2.52. The molecule has 2 unspecified atom stereocenters. The van der Waals surface area contributed by atoms with Gasteiger partial charge in [-0.15, -0.1) is 0 Å². The highest BCUT2D eigenvalue weighted by Gasteiger charge is 2.40. The van der Waals surface area contributed by atoms with Crippen molar-refractivity contribution in [1.29, 1.82) is 0 Å². The molecule has 0 aliphatic heterocycles. The van der Waals surface area contributed by atoms with Crippen molar-refractivity contribution < 1.29 is 19.5 Å². The summed E-state index contributed by atoms with van der Waals surface area (Å²) in [5.74, 6) is -1.31. The van der Waals surface area contributed by atoms with Crippen LogP contribution in [-0.2, 0) is 15.0 Å². The van der Waals surface area contributed by atoms with Gasteiger partial charge in [0.25, 0.3) is 5.97 Å². The van der Waals surface area contributed by atoms with Crippen LogP contribution in [0.4, 0.5) is 0 Å². The van der Waals surface area contributed by atoms with E-state index in [-0.39, 0.29) is 11.8 Å². The molecule has 3 N–H and O–H groups in total. The standard InChI is InChI=1S/C20H24N2O2.C2H4O2/c1-14(22(3)4)20(2,19(21)24)17-12-8-11-16(13-17)18(23)15-9-6-5-7-10-15;1-2(3)4/h5-14H,1-4H3,(H2,21,24);1H3,(H,3,4). The second-order valence-electron chi connectivity index (χ2n) is 7.00. The molecule has 2 rings (SSSR count). The monoisotopic (exact) mass is 384 g/mol. The van der Waals surface area contributed by atoms with E-state index in [0.29, 0.717) is 11.1 Å². The van der Waals surface area contributed by atoms with Crippen molar-refractivity contribution in [3.63, 3.8) is 0 Å². The Labute approximate surface area is 166 Å². The summed E-state index contributed by atoms with van der Waals surface area (Å²) in [6.45, 7) is 4.86. The van der Waals surface area contributed by atoms with Gasteiger partial charge in [0.1, 0.15) is 0 Å². The fourth-order valence-electron chi connectivity index (χ4n) is 2.85. The quantitative estimate of drug-likeness (QED) is 0.746. The number of nitrogens with two attached hydrogens (primary N) is 1. The Balaban J connectivity index is 0.000000892. The zero-order valence-electron chi connectivity index (χ0n) is 17.0. The first-order chi connectivity index (χ1) is 13.0. The van der Waals surface area contributed by atoms with E-state index in [4.69, 9.17) is 15.6 Å². The molecule has 0 bridgehead atoms. The number of benzene rings is 2. The SMILES string of the molecule is CC(=O)O.CC(N(C)C)C(C)(C(N)=O)c1cccc(C(=O)c2ccccc2)c1. The van der Waals surface area contributed by atoms with Crippen LogP contribution in [0.1, 0.15) is 42.3 Å². The summed E-state index contributed by atoms with van der Waals surface area (Å²) in [6, 6.07) is 16.2. The molecule has 0 spiro atoms. The largest absolute Gasteiger partial charge is 0.481 e. The molecule has 0 heterocycles. The van der Waals surface area contributed by atoms with Crippen molar-refractivity contribution >= 4 is 17.7 Å². The van der Waals surface area contributed by atoms with Crippen LogP contribution in [0, 0.1) is 0 Å². The van der Waals surface area contributed by atoms with Gasteiger partial charge in [-0.3, -0.25) is 14.4 Å². The third kappa shape index (κ3) is 5.50. The minimum absolute atomic E-state index is 0.0678. The Hall–Kier alpha value is -2.99. The Morgan fingerprint density at radius 3 is 1.96 bits per heavy atom. The van der Waals surface area contributed by atoms with Crippen LogP contribution < -0.4 is 5.73 Å². The van der Waals surface area contributed by atoms with Gasteiger partial charge in [-0.1, -0.05) is 48.5 Å². The molecule has 6 heteroatoms. The number of hydrogen-bond acceptors (Lipinski definition) is 4. The van der Waals surface area contributed by atoms with E-state index in [1.165, 1.54) is 0 Å². The third-order valence-electron chi connectivity index (χ3n) is 4.88. The van der Waals surface area contributed by atoms with Gasteiger partial charge in [-0.25, -0.2) is 0 Å². The number of ketones is 1. The lowest BCUT2D eigenvalue weighted by Gasteiger charge is -2.37. The first kappa shape index (κ1) is 23.0. The molecule has 0 aromatic heterocycles. The molecule has 0 saturated heterocycles. The van der Waals surface area contributed by atoms with Crippen molar-refractivity contribution in [2.75, 3.05) is 14.1 Å². The summed E-state index contributed by atoms with van der Waals surface area (Å²) in [5, 5.41) is 7.42. The molecule has 150 valence electrons. The Morgan fingerprint density at radius 1 is 1.00 bits per heavy atom. The summed E-state index contributed by atoms with van der Waals surface area (Å²) in [4.78, 5) is 35.9. The fraction of sp³-hybridized carbons (Fsp3) is 0.318. The number of carboxylic acid groups (broad SMARTS) is 1. The molecule has 2 aromatic rings. The highest BCUT2D eigenvalue weighted by molar-refractivity contribution is 6.09. The molecular weight excluding hydrogens is 356 g/mol. The topological polar surface area (TPSA) is 101 Å². The fourth-order valence-corrected chi connectivity index (χ4v) is 2.85. The molecule has 0 aliphatic rings. The average Bonchev–Trinajstić information content (AvgIpc) is 2.66. The number of primary amides is 1. The first-order valence-corrected chi connectivity index (χ1v) is 8.88. The second-order valence-corrected chi connectivity index (χ2v) is 7.00. The molecular formula is C22H28N2O4. The van der Waals surface area contributed by atoms with Crippen LogP contribution in [0.3, 0.4) is 0 Å². The van der Waals surface area contributed by atoms with E-state index in [9.17, 15) is 9.59 Å². The average molecular weight is 384 g/mol. The molecule has 0 aliphatic carbocycles. The van der Waals surface area contributed by atoms with Gasteiger partial charge in [0.2, 0.25) is 5.91 Å². The maximum Gasteiger partial charge on any atom is 0.300 e. The zero-order valence-corrected chi connectivity index (χ0v) is 17.0.